The van der Waals surface area contributed by atoms with E-state index in [1.54, 1.807) is 42.5 Å². The number of pyridine rings is 1. The van der Waals surface area contributed by atoms with E-state index in [1.807, 2.05) is 0 Å². The summed E-state index contributed by atoms with van der Waals surface area (Å²) < 4.78 is 12.3. The number of hydrogen-bond donors (Lipinski definition) is 1. The standard InChI is InChI=1S/C12H9FNO.Zn/c13-8-9-4-3-6-11(14-9)10-5-1-2-7-12(10)15;/h1-8,15H;. The molecule has 0 amide bonds. The van der Waals surface area contributed by atoms with Gasteiger partial charge in [-0.2, -0.15) is 0 Å². The van der Waals surface area contributed by atoms with Gasteiger partial charge in [-0.3, -0.25) is 0 Å². The number of benzene rings is 1. The van der Waals surface area contributed by atoms with Crippen LogP contribution in [0.5, 0.6) is 5.75 Å². The van der Waals surface area contributed by atoms with Crippen molar-refractivity contribution in [3.8, 4) is 17.0 Å². The number of phenolic OH excluding ortho intramolecular Hbond substituents is 1. The van der Waals surface area contributed by atoms with Crippen LogP contribution in [0.3, 0.4) is 0 Å². The van der Waals surface area contributed by atoms with E-state index < -0.39 is 0 Å². The van der Waals surface area contributed by atoms with Crippen molar-refractivity contribution in [3.63, 3.8) is 0 Å². The molecule has 4 heteroatoms. The molecule has 77 valence electrons. The first-order valence-corrected chi connectivity index (χ1v) is 4.50. The van der Waals surface area contributed by atoms with Gasteiger partial charge in [-0.1, -0.05) is 18.2 Å². The Morgan fingerprint density at radius 3 is 2.50 bits per heavy atom. The van der Waals surface area contributed by atoms with Gasteiger partial charge in [0.25, 0.3) is 0 Å². The number of rotatable bonds is 2. The van der Waals surface area contributed by atoms with E-state index in [1.165, 1.54) is 0 Å². The van der Waals surface area contributed by atoms with Crippen LogP contribution < -0.4 is 0 Å². The van der Waals surface area contributed by atoms with Crippen molar-refractivity contribution in [1.29, 1.82) is 0 Å². The molecule has 0 aliphatic heterocycles. The van der Waals surface area contributed by atoms with E-state index in [2.05, 4.69) is 4.98 Å². The first-order chi connectivity index (χ1) is 7.31. The SMILES string of the molecule is Oc1ccccc1-c1cccc([CH]F)n1.[Zn]. The van der Waals surface area contributed by atoms with Crippen molar-refractivity contribution in [2.24, 2.45) is 0 Å². The maximum Gasteiger partial charge on any atom is 0.179 e. The minimum atomic E-state index is 0. The second-order valence-electron chi connectivity index (χ2n) is 3.07. The second kappa shape index (κ2) is 5.71. The number of nitrogens with zero attached hydrogens (tertiary/aromatic N) is 1. The molecule has 0 unspecified atom stereocenters. The van der Waals surface area contributed by atoms with Crippen LogP contribution in [0.4, 0.5) is 4.39 Å². The molecule has 2 nitrogen and oxygen atoms in total. The summed E-state index contributed by atoms with van der Waals surface area (Å²) >= 11 is 0. The Kier molecular flexibility index (Phi) is 4.57. The van der Waals surface area contributed by atoms with Crippen LogP contribution in [-0.2, 0) is 19.5 Å². The topological polar surface area (TPSA) is 33.1 Å². The Balaban J connectivity index is 0.00000128. The van der Waals surface area contributed by atoms with Gasteiger partial charge in [0, 0.05) is 25.0 Å². The summed E-state index contributed by atoms with van der Waals surface area (Å²) in [6.45, 7) is 0.434. The van der Waals surface area contributed by atoms with Crippen molar-refractivity contribution < 1.29 is 29.0 Å². The van der Waals surface area contributed by atoms with Gasteiger partial charge in [0.2, 0.25) is 0 Å². The molecule has 1 aromatic heterocycles. The average Bonchev–Trinajstić information content (AvgIpc) is 2.30. The largest absolute Gasteiger partial charge is 0.507 e. The zero-order chi connectivity index (χ0) is 10.7. The first-order valence-electron chi connectivity index (χ1n) is 4.50. The summed E-state index contributed by atoms with van der Waals surface area (Å²) in [6.07, 6.45) is 0. The molecule has 1 radical (unpaired) electrons. The third-order valence-corrected chi connectivity index (χ3v) is 2.06. The van der Waals surface area contributed by atoms with Gasteiger partial charge in [-0.25, -0.2) is 9.37 Å². The van der Waals surface area contributed by atoms with Gasteiger partial charge in [-0.15, -0.1) is 0 Å². The van der Waals surface area contributed by atoms with Crippen LogP contribution in [0, 0.1) is 6.67 Å². The summed E-state index contributed by atoms with van der Waals surface area (Å²) in [5, 5.41) is 9.58. The fourth-order valence-corrected chi connectivity index (χ4v) is 1.35. The molecule has 0 bridgehead atoms. The molecule has 0 atom stereocenters. The molecule has 1 heterocycles. The van der Waals surface area contributed by atoms with Gasteiger partial charge in [0.05, 0.1) is 11.4 Å². The maximum atomic E-state index is 12.3. The molecule has 1 aromatic carbocycles. The van der Waals surface area contributed by atoms with Crippen molar-refractivity contribution in [3.05, 3.63) is 54.8 Å². The molecular weight excluding hydrogens is 259 g/mol. The monoisotopic (exact) mass is 266 g/mol. The number of phenols is 1. The normalized spacial score (nSPS) is 9.56. The minimum absolute atomic E-state index is 0. The summed E-state index contributed by atoms with van der Waals surface area (Å²) in [4.78, 5) is 4.03. The Morgan fingerprint density at radius 1 is 1.06 bits per heavy atom. The van der Waals surface area contributed by atoms with Crippen molar-refractivity contribution in [1.82, 2.24) is 4.98 Å². The molecule has 0 aliphatic carbocycles. The van der Waals surface area contributed by atoms with Gasteiger partial charge in [0.15, 0.2) is 6.67 Å². The zero-order valence-electron chi connectivity index (χ0n) is 8.60. The van der Waals surface area contributed by atoms with Gasteiger partial charge >= 0.3 is 0 Å². The van der Waals surface area contributed by atoms with E-state index in [4.69, 9.17) is 0 Å². The number of hydrogen-bond acceptors (Lipinski definition) is 2. The van der Waals surface area contributed by atoms with Crippen molar-refractivity contribution >= 4 is 0 Å². The predicted octanol–water partition coefficient (Wildman–Crippen LogP) is 2.93. The van der Waals surface area contributed by atoms with E-state index >= 15 is 0 Å². The van der Waals surface area contributed by atoms with Crippen LogP contribution in [0.15, 0.2) is 42.5 Å². The molecule has 16 heavy (non-hydrogen) atoms. The van der Waals surface area contributed by atoms with E-state index in [0.717, 1.165) is 0 Å². The van der Waals surface area contributed by atoms with Crippen LogP contribution in [-0.4, -0.2) is 10.1 Å². The van der Waals surface area contributed by atoms with E-state index in [9.17, 15) is 9.50 Å². The van der Waals surface area contributed by atoms with Crippen molar-refractivity contribution in [2.45, 2.75) is 0 Å². The molecule has 0 spiro atoms. The molecule has 1 N–H and O–H groups in total. The molecule has 2 rings (SSSR count). The molecule has 0 fully saturated rings. The maximum absolute atomic E-state index is 12.3. The Labute approximate surface area is 106 Å². The number of para-hydroxylation sites is 1. The quantitative estimate of drug-likeness (QED) is 0.849. The van der Waals surface area contributed by atoms with Crippen LogP contribution in [0.25, 0.3) is 11.3 Å². The summed E-state index contributed by atoms with van der Waals surface area (Å²) in [5.74, 6) is 0.140. The Bertz CT molecular complexity index is 476. The number of aromatic nitrogens is 1. The van der Waals surface area contributed by atoms with Gasteiger partial charge in [-0.05, 0) is 24.3 Å². The van der Waals surface area contributed by atoms with Crippen molar-refractivity contribution in [2.75, 3.05) is 0 Å². The van der Waals surface area contributed by atoms with Gasteiger partial charge in [0.1, 0.15) is 5.75 Å². The predicted molar refractivity (Wildman–Crippen MR) is 55.8 cm³/mol. The molecule has 0 saturated carbocycles. The van der Waals surface area contributed by atoms with E-state index in [0.29, 0.717) is 17.9 Å². The Morgan fingerprint density at radius 2 is 1.81 bits per heavy atom. The summed E-state index contributed by atoms with van der Waals surface area (Å²) in [7, 11) is 0. The molecule has 2 aromatic rings. The molecular formula is C12H9FNOZn. The number of aromatic hydroxyl groups is 1. The first kappa shape index (κ1) is 12.8. The average molecular weight is 268 g/mol. The smallest absolute Gasteiger partial charge is 0.179 e. The van der Waals surface area contributed by atoms with Crippen LogP contribution in [0.1, 0.15) is 5.69 Å². The van der Waals surface area contributed by atoms with Crippen LogP contribution >= 0.6 is 0 Å². The van der Waals surface area contributed by atoms with Crippen LogP contribution in [0.2, 0.25) is 0 Å². The minimum Gasteiger partial charge on any atom is -0.507 e. The molecule has 0 aliphatic rings. The van der Waals surface area contributed by atoms with Gasteiger partial charge < -0.3 is 5.11 Å². The fraction of sp³-hybridized carbons (Fsp3) is 0. The summed E-state index contributed by atoms with van der Waals surface area (Å²) in [6, 6.07) is 11.8. The zero-order valence-corrected chi connectivity index (χ0v) is 11.6. The fourth-order valence-electron chi connectivity index (χ4n) is 1.35. The molecule has 0 saturated heterocycles. The van der Waals surface area contributed by atoms with E-state index in [-0.39, 0.29) is 30.9 Å². The summed E-state index contributed by atoms with van der Waals surface area (Å²) in [5.41, 5.74) is 1.40. The third kappa shape index (κ3) is 2.64. The second-order valence-corrected chi connectivity index (χ2v) is 3.07. The Hall–Kier alpha value is -1.28. The number of halogens is 1. The third-order valence-electron chi connectivity index (χ3n) is 2.06.